The van der Waals surface area contributed by atoms with E-state index in [1.807, 2.05) is 0 Å². The van der Waals surface area contributed by atoms with Crippen molar-refractivity contribution in [3.63, 3.8) is 0 Å². The SMILES string of the molecule is Cc1c(-c2ccc(Cl)cc2)c(C(=O)N2CCC(Oc3ccc(C(F)(F)F)cn3)CC2)n(C2CC2)c1C(F)(F)F. The molecule has 208 valence electrons. The molecule has 1 aliphatic carbocycles. The Hall–Kier alpha value is -3.21. The Morgan fingerprint density at radius 3 is 2.10 bits per heavy atom. The molecule has 0 atom stereocenters. The van der Waals surface area contributed by atoms with Crippen LogP contribution in [0.4, 0.5) is 26.3 Å². The van der Waals surface area contributed by atoms with Gasteiger partial charge in [0.05, 0.1) is 5.56 Å². The molecule has 39 heavy (non-hydrogen) atoms. The average molecular weight is 572 g/mol. The van der Waals surface area contributed by atoms with Crippen molar-refractivity contribution in [2.75, 3.05) is 13.1 Å². The summed E-state index contributed by atoms with van der Waals surface area (Å²) < 4.78 is 88.0. The van der Waals surface area contributed by atoms with Gasteiger partial charge in [0, 0.05) is 54.8 Å². The fourth-order valence-electron chi connectivity index (χ4n) is 5.05. The van der Waals surface area contributed by atoms with Crippen LogP contribution in [0.25, 0.3) is 11.1 Å². The van der Waals surface area contributed by atoms with Crippen LogP contribution < -0.4 is 4.74 Å². The van der Waals surface area contributed by atoms with E-state index in [9.17, 15) is 31.1 Å². The van der Waals surface area contributed by atoms with E-state index in [2.05, 4.69) is 4.98 Å². The highest BCUT2D eigenvalue weighted by atomic mass is 35.5. The Morgan fingerprint density at radius 2 is 1.59 bits per heavy atom. The number of amides is 1. The van der Waals surface area contributed by atoms with Gasteiger partial charge in [-0.25, -0.2) is 4.98 Å². The molecular weight excluding hydrogens is 548 g/mol. The number of aromatic nitrogens is 2. The van der Waals surface area contributed by atoms with Gasteiger partial charge in [0.2, 0.25) is 5.88 Å². The van der Waals surface area contributed by atoms with Crippen molar-refractivity contribution in [1.82, 2.24) is 14.5 Å². The van der Waals surface area contributed by atoms with Crippen molar-refractivity contribution in [2.24, 2.45) is 0 Å². The van der Waals surface area contributed by atoms with E-state index in [4.69, 9.17) is 16.3 Å². The molecule has 5 nitrogen and oxygen atoms in total. The number of rotatable bonds is 5. The van der Waals surface area contributed by atoms with Crippen molar-refractivity contribution >= 4 is 17.5 Å². The van der Waals surface area contributed by atoms with Crippen LogP contribution in [0.3, 0.4) is 0 Å². The van der Waals surface area contributed by atoms with Gasteiger partial charge in [-0.15, -0.1) is 0 Å². The highest BCUT2D eigenvalue weighted by molar-refractivity contribution is 6.30. The first-order valence-corrected chi connectivity index (χ1v) is 12.8. The van der Waals surface area contributed by atoms with Gasteiger partial charge in [0.1, 0.15) is 17.5 Å². The van der Waals surface area contributed by atoms with E-state index in [0.717, 1.165) is 16.7 Å². The van der Waals surface area contributed by atoms with Crippen molar-refractivity contribution < 1.29 is 35.9 Å². The van der Waals surface area contributed by atoms with Crippen LogP contribution in [0.15, 0.2) is 42.6 Å². The molecule has 1 saturated carbocycles. The van der Waals surface area contributed by atoms with Crippen LogP contribution in [0.1, 0.15) is 59.0 Å². The molecule has 3 heterocycles. The Kier molecular flexibility index (Phi) is 7.07. The Balaban J connectivity index is 1.40. The van der Waals surface area contributed by atoms with Crippen LogP contribution in [-0.4, -0.2) is 39.6 Å². The fourth-order valence-corrected chi connectivity index (χ4v) is 5.18. The van der Waals surface area contributed by atoms with Crippen molar-refractivity contribution in [2.45, 2.75) is 57.1 Å². The van der Waals surface area contributed by atoms with E-state index in [1.165, 1.54) is 11.8 Å². The zero-order valence-electron chi connectivity index (χ0n) is 20.7. The number of nitrogens with zero attached hydrogens (tertiary/aromatic N) is 3. The molecule has 2 fully saturated rings. The summed E-state index contributed by atoms with van der Waals surface area (Å²) >= 11 is 6.01. The van der Waals surface area contributed by atoms with Crippen LogP contribution in [0.5, 0.6) is 5.88 Å². The lowest BCUT2D eigenvalue weighted by atomic mass is 9.99. The first-order valence-electron chi connectivity index (χ1n) is 12.4. The summed E-state index contributed by atoms with van der Waals surface area (Å²) in [4.78, 5) is 19.1. The minimum absolute atomic E-state index is 0.00771. The number of benzene rings is 1. The lowest BCUT2D eigenvalue weighted by Gasteiger charge is -2.32. The minimum Gasteiger partial charge on any atom is -0.474 e. The molecule has 12 heteroatoms. The second kappa shape index (κ2) is 10.1. The molecule has 0 spiro atoms. The van der Waals surface area contributed by atoms with Gasteiger partial charge >= 0.3 is 12.4 Å². The van der Waals surface area contributed by atoms with E-state index in [-0.39, 0.29) is 35.8 Å². The number of hydrogen-bond acceptors (Lipinski definition) is 3. The van der Waals surface area contributed by atoms with Crippen LogP contribution in [-0.2, 0) is 12.4 Å². The smallest absolute Gasteiger partial charge is 0.431 e. The number of ether oxygens (including phenoxy) is 1. The monoisotopic (exact) mass is 571 g/mol. The third-order valence-electron chi connectivity index (χ3n) is 7.05. The van der Waals surface area contributed by atoms with Gasteiger partial charge in [-0.05, 0) is 49.1 Å². The van der Waals surface area contributed by atoms with Gasteiger partial charge in [0.15, 0.2) is 0 Å². The molecule has 0 N–H and O–H groups in total. The second-order valence-corrected chi connectivity index (χ2v) is 10.2. The maximum Gasteiger partial charge on any atom is 0.431 e. The van der Waals surface area contributed by atoms with Crippen molar-refractivity contribution in [3.05, 3.63) is 70.1 Å². The molecule has 1 aromatic carbocycles. The molecule has 1 aliphatic heterocycles. The first-order chi connectivity index (χ1) is 18.3. The first kappa shape index (κ1) is 27.4. The number of carbonyl (C=O) groups is 1. The van der Waals surface area contributed by atoms with Crippen molar-refractivity contribution in [3.8, 4) is 17.0 Å². The number of halogens is 7. The second-order valence-electron chi connectivity index (χ2n) is 9.80. The summed E-state index contributed by atoms with van der Waals surface area (Å²) in [5.41, 5.74) is -0.996. The van der Waals surface area contributed by atoms with Crippen LogP contribution in [0, 0.1) is 6.92 Å². The third kappa shape index (κ3) is 5.59. The summed E-state index contributed by atoms with van der Waals surface area (Å²) in [6.07, 6.45) is -7.08. The summed E-state index contributed by atoms with van der Waals surface area (Å²) in [5.74, 6) is -0.470. The molecule has 3 aromatic rings. The van der Waals surface area contributed by atoms with Gasteiger partial charge < -0.3 is 14.2 Å². The largest absolute Gasteiger partial charge is 0.474 e. The van der Waals surface area contributed by atoms with E-state index in [1.54, 1.807) is 24.3 Å². The zero-order valence-corrected chi connectivity index (χ0v) is 21.5. The highest BCUT2D eigenvalue weighted by Gasteiger charge is 2.45. The predicted molar refractivity (Wildman–Crippen MR) is 132 cm³/mol. The number of likely N-dealkylation sites (tertiary alicyclic amines) is 1. The van der Waals surface area contributed by atoms with E-state index >= 15 is 0 Å². The Bertz CT molecular complexity index is 1350. The van der Waals surface area contributed by atoms with Crippen LogP contribution >= 0.6 is 11.6 Å². The molecule has 1 amide bonds. The maximum atomic E-state index is 14.3. The number of pyridine rings is 1. The molecule has 2 aromatic heterocycles. The molecule has 0 unspecified atom stereocenters. The molecule has 1 saturated heterocycles. The number of carbonyl (C=O) groups excluding carboxylic acids is 1. The fraction of sp³-hybridized carbons (Fsp3) is 0.407. The van der Waals surface area contributed by atoms with Gasteiger partial charge in [-0.1, -0.05) is 23.7 Å². The van der Waals surface area contributed by atoms with Crippen molar-refractivity contribution in [1.29, 1.82) is 0 Å². The predicted octanol–water partition coefficient (Wildman–Crippen LogP) is 7.57. The lowest BCUT2D eigenvalue weighted by Crippen LogP contribution is -2.42. The van der Waals surface area contributed by atoms with Gasteiger partial charge in [-0.2, -0.15) is 26.3 Å². The number of alkyl halides is 6. The van der Waals surface area contributed by atoms with Gasteiger partial charge in [-0.3, -0.25) is 4.79 Å². The number of hydrogen-bond donors (Lipinski definition) is 0. The maximum absolute atomic E-state index is 14.3. The summed E-state index contributed by atoms with van der Waals surface area (Å²) in [6, 6.07) is 7.97. The van der Waals surface area contributed by atoms with E-state index in [0.29, 0.717) is 42.5 Å². The Labute approximate surface area is 225 Å². The molecule has 2 aliphatic rings. The summed E-state index contributed by atoms with van der Waals surface area (Å²) in [5, 5.41) is 0.423. The molecular formula is C27H24ClF6N3O2. The van der Waals surface area contributed by atoms with E-state index < -0.39 is 41.7 Å². The lowest BCUT2D eigenvalue weighted by molar-refractivity contribution is -0.144. The normalized spacial score (nSPS) is 17.0. The average Bonchev–Trinajstić information content (AvgIpc) is 3.66. The third-order valence-corrected chi connectivity index (χ3v) is 7.30. The summed E-state index contributed by atoms with van der Waals surface area (Å²) in [7, 11) is 0. The topological polar surface area (TPSA) is 47.4 Å². The Morgan fingerprint density at radius 1 is 0.949 bits per heavy atom. The standard InChI is InChI=1S/C27H24ClF6N3O2/c1-15-22(16-2-5-18(28)6-3-16)23(37(19-7-8-19)24(15)27(32,33)34)25(38)36-12-10-20(11-13-36)39-21-9-4-17(14-35-21)26(29,30)31/h2-6,9,14,19-20H,7-8,10-13H2,1H3. The highest BCUT2D eigenvalue weighted by Crippen LogP contribution is 2.48. The molecule has 0 bridgehead atoms. The van der Waals surface area contributed by atoms with Crippen LogP contribution in [0.2, 0.25) is 5.02 Å². The summed E-state index contributed by atoms with van der Waals surface area (Å²) in [6.45, 7) is 1.81. The quantitative estimate of drug-likeness (QED) is 0.297. The minimum atomic E-state index is -4.65. The number of piperidine rings is 1. The zero-order chi connectivity index (χ0) is 28.1. The molecule has 5 rings (SSSR count). The molecule has 0 radical (unpaired) electrons. The van der Waals surface area contributed by atoms with Gasteiger partial charge in [0.25, 0.3) is 5.91 Å².